The Morgan fingerprint density at radius 1 is 1.44 bits per heavy atom. The molecule has 6 nitrogen and oxygen atoms in total. The molecule has 1 aromatic heterocycles. The van der Waals surface area contributed by atoms with Gasteiger partial charge in [0.05, 0.1) is 10.6 Å². The van der Waals surface area contributed by atoms with Crippen LogP contribution in [0.2, 0.25) is 10.0 Å². The van der Waals surface area contributed by atoms with E-state index in [1.807, 2.05) is 0 Å². The van der Waals surface area contributed by atoms with Crippen molar-refractivity contribution in [3.8, 4) is 0 Å². The van der Waals surface area contributed by atoms with Gasteiger partial charge in [0.1, 0.15) is 0 Å². The molecule has 0 bridgehead atoms. The van der Waals surface area contributed by atoms with Gasteiger partial charge in [-0.2, -0.15) is 0 Å². The Kier molecular flexibility index (Phi) is 3.59. The van der Waals surface area contributed by atoms with E-state index < -0.39 is 5.91 Å². The number of nitrogens with zero attached hydrogens (tertiary/aromatic N) is 4. The molecule has 0 saturated carbocycles. The van der Waals surface area contributed by atoms with E-state index in [1.54, 1.807) is 6.07 Å². The Balaban J connectivity index is 2.19. The molecule has 2 rings (SSSR count). The van der Waals surface area contributed by atoms with Crippen LogP contribution in [0.3, 0.4) is 0 Å². The predicted octanol–water partition coefficient (Wildman–Crippen LogP) is 2.33. The molecule has 0 aliphatic rings. The summed E-state index contributed by atoms with van der Waals surface area (Å²) in [4.78, 5) is 13.0. The number of carbonyl (C=O) groups excluding carboxylic acids is 1. The summed E-state index contributed by atoms with van der Waals surface area (Å²) < 4.78 is 0. The normalized spacial score (nSPS) is 10.1. The summed E-state index contributed by atoms with van der Waals surface area (Å²) in [7, 11) is 0. The van der Waals surface area contributed by atoms with Crippen LogP contribution in [-0.2, 0) is 0 Å². The van der Waals surface area contributed by atoms with Crippen molar-refractivity contribution in [1.82, 2.24) is 20.2 Å². The lowest BCUT2D eigenvalue weighted by molar-refractivity contribution is 0.102. The van der Waals surface area contributed by atoms with E-state index in [0.29, 0.717) is 5.02 Å². The first kappa shape index (κ1) is 12.5. The number of rotatable bonds is 3. The summed E-state index contributed by atoms with van der Waals surface area (Å²) in [5.74, 6) is -0.383. The molecule has 18 heavy (non-hydrogen) atoms. The van der Waals surface area contributed by atoms with Gasteiger partial charge < -0.3 is 0 Å². The van der Waals surface area contributed by atoms with E-state index in [0.717, 1.165) is 4.80 Å². The Hall–Kier alpha value is -1.92. The molecule has 0 aliphatic carbocycles. The van der Waals surface area contributed by atoms with Crippen LogP contribution in [-0.4, -0.2) is 26.1 Å². The average molecular weight is 284 g/mol. The summed E-state index contributed by atoms with van der Waals surface area (Å²) in [5, 5.41) is 14.2. The molecule has 0 unspecified atom stereocenters. The second-order valence-electron chi connectivity index (χ2n) is 3.19. The van der Waals surface area contributed by atoms with Gasteiger partial charge in [-0.25, -0.2) is 0 Å². The number of aromatic nitrogens is 4. The van der Waals surface area contributed by atoms with Gasteiger partial charge in [0.15, 0.2) is 0 Å². The minimum absolute atomic E-state index is 0.0610. The van der Waals surface area contributed by atoms with E-state index in [2.05, 4.69) is 27.3 Å². The molecular formula is C10H7Cl2N5O. The summed E-state index contributed by atoms with van der Waals surface area (Å²) in [6, 6.07) is 4.56. The minimum atomic E-state index is -0.444. The Morgan fingerprint density at radius 3 is 2.83 bits per heavy atom. The highest BCUT2D eigenvalue weighted by atomic mass is 35.5. The zero-order valence-corrected chi connectivity index (χ0v) is 10.5. The van der Waals surface area contributed by atoms with Crippen molar-refractivity contribution in [3.05, 3.63) is 40.4 Å². The number of benzene rings is 1. The topological polar surface area (TPSA) is 72.7 Å². The van der Waals surface area contributed by atoms with E-state index >= 15 is 0 Å². The van der Waals surface area contributed by atoms with Gasteiger partial charge in [-0.15, -0.1) is 9.90 Å². The number of nitrogens with one attached hydrogen (secondary N) is 1. The zero-order valence-electron chi connectivity index (χ0n) is 8.97. The van der Waals surface area contributed by atoms with Gasteiger partial charge in [-0.3, -0.25) is 10.1 Å². The highest BCUT2D eigenvalue weighted by molar-refractivity contribution is 6.37. The maximum atomic E-state index is 11.9. The maximum Gasteiger partial charge on any atom is 0.270 e. The van der Waals surface area contributed by atoms with Crippen molar-refractivity contribution < 1.29 is 4.79 Å². The Labute approximate surface area is 112 Å². The van der Waals surface area contributed by atoms with Crippen molar-refractivity contribution in [2.45, 2.75) is 0 Å². The van der Waals surface area contributed by atoms with Crippen LogP contribution in [0.1, 0.15) is 10.4 Å². The number of hydrogen-bond donors (Lipinski definition) is 1. The van der Waals surface area contributed by atoms with Crippen molar-refractivity contribution in [1.29, 1.82) is 0 Å². The second kappa shape index (κ2) is 5.16. The summed E-state index contributed by atoms with van der Waals surface area (Å²) in [5.41, 5.74) is 0.274. The molecule has 1 amide bonds. The Morgan fingerprint density at radius 2 is 2.22 bits per heavy atom. The Bertz CT molecular complexity index is 610. The molecule has 0 aliphatic heterocycles. The largest absolute Gasteiger partial charge is 0.288 e. The van der Waals surface area contributed by atoms with Crippen molar-refractivity contribution in [3.63, 3.8) is 0 Å². The first-order valence-electron chi connectivity index (χ1n) is 4.78. The highest BCUT2D eigenvalue weighted by Gasteiger charge is 2.13. The predicted molar refractivity (Wildman–Crippen MR) is 68.6 cm³/mol. The SMILES string of the molecule is C=Cn1nnc(NC(=O)c2ccc(Cl)cc2Cl)n1. The lowest BCUT2D eigenvalue weighted by Gasteiger charge is -2.03. The average Bonchev–Trinajstić information content (AvgIpc) is 2.76. The van der Waals surface area contributed by atoms with Gasteiger partial charge in [0.25, 0.3) is 11.9 Å². The standard InChI is InChI=1S/C10H7Cl2N5O/c1-2-17-15-10(14-16-17)13-9(18)7-4-3-6(11)5-8(7)12/h2-5H,1H2,(H,13,15,18). The molecule has 0 saturated heterocycles. The number of hydrogen-bond acceptors (Lipinski definition) is 4. The fraction of sp³-hybridized carbons (Fsp3) is 0. The second-order valence-corrected chi connectivity index (χ2v) is 4.04. The fourth-order valence-electron chi connectivity index (χ4n) is 1.20. The molecule has 2 aromatic rings. The minimum Gasteiger partial charge on any atom is -0.288 e. The van der Waals surface area contributed by atoms with Crippen LogP contribution >= 0.6 is 23.2 Å². The molecule has 0 atom stereocenters. The van der Waals surface area contributed by atoms with Gasteiger partial charge in [-0.1, -0.05) is 34.9 Å². The van der Waals surface area contributed by atoms with Crippen LogP contribution < -0.4 is 5.32 Å². The first-order chi connectivity index (χ1) is 8.60. The van der Waals surface area contributed by atoms with Gasteiger partial charge in [0.2, 0.25) is 0 Å². The molecule has 0 radical (unpaired) electrons. The summed E-state index contributed by atoms with van der Waals surface area (Å²) >= 11 is 11.6. The molecule has 0 fully saturated rings. The molecule has 1 N–H and O–H groups in total. The van der Waals surface area contributed by atoms with Crippen molar-refractivity contribution >= 4 is 41.3 Å². The molecule has 1 aromatic carbocycles. The van der Waals surface area contributed by atoms with E-state index in [4.69, 9.17) is 23.2 Å². The quantitative estimate of drug-likeness (QED) is 0.938. The van der Waals surface area contributed by atoms with E-state index in [9.17, 15) is 4.79 Å². The lowest BCUT2D eigenvalue weighted by atomic mass is 10.2. The van der Waals surface area contributed by atoms with Crippen molar-refractivity contribution in [2.24, 2.45) is 0 Å². The van der Waals surface area contributed by atoms with Crippen LogP contribution in [0.15, 0.2) is 24.8 Å². The number of tetrazole rings is 1. The molecule has 8 heteroatoms. The van der Waals surface area contributed by atoms with Crippen molar-refractivity contribution in [2.75, 3.05) is 5.32 Å². The smallest absolute Gasteiger partial charge is 0.270 e. The summed E-state index contributed by atoms with van der Waals surface area (Å²) in [6.07, 6.45) is 1.35. The third-order valence-electron chi connectivity index (χ3n) is 1.99. The number of halogens is 2. The van der Waals surface area contributed by atoms with E-state index in [1.165, 1.54) is 18.3 Å². The van der Waals surface area contributed by atoms with Crippen LogP contribution in [0.5, 0.6) is 0 Å². The molecule has 0 spiro atoms. The number of carbonyl (C=O) groups is 1. The molecule has 92 valence electrons. The van der Waals surface area contributed by atoms with Crippen LogP contribution in [0, 0.1) is 0 Å². The zero-order chi connectivity index (χ0) is 13.1. The monoisotopic (exact) mass is 283 g/mol. The fourth-order valence-corrected chi connectivity index (χ4v) is 1.69. The third-order valence-corrected chi connectivity index (χ3v) is 2.54. The van der Waals surface area contributed by atoms with Crippen LogP contribution in [0.4, 0.5) is 5.95 Å². The van der Waals surface area contributed by atoms with Gasteiger partial charge >= 0.3 is 0 Å². The third kappa shape index (κ3) is 2.66. The lowest BCUT2D eigenvalue weighted by Crippen LogP contribution is -2.13. The number of amides is 1. The van der Waals surface area contributed by atoms with Gasteiger partial charge in [0, 0.05) is 11.2 Å². The van der Waals surface area contributed by atoms with E-state index in [-0.39, 0.29) is 16.5 Å². The van der Waals surface area contributed by atoms with Gasteiger partial charge in [-0.05, 0) is 23.4 Å². The number of anilines is 1. The molecule has 1 heterocycles. The highest BCUT2D eigenvalue weighted by Crippen LogP contribution is 2.21. The van der Waals surface area contributed by atoms with Crippen LogP contribution in [0.25, 0.3) is 6.20 Å². The first-order valence-corrected chi connectivity index (χ1v) is 5.54. The maximum absolute atomic E-state index is 11.9. The summed E-state index contributed by atoms with van der Waals surface area (Å²) in [6.45, 7) is 3.45. The molecular weight excluding hydrogens is 277 g/mol.